The maximum absolute atomic E-state index is 12.3. The van der Waals surface area contributed by atoms with Gasteiger partial charge in [-0.1, -0.05) is 12.1 Å². The Labute approximate surface area is 202 Å². The molecule has 1 amide bonds. The van der Waals surface area contributed by atoms with E-state index in [9.17, 15) is 4.79 Å². The van der Waals surface area contributed by atoms with Crippen LogP contribution in [0.4, 0.5) is 28.8 Å². The molecule has 1 aliphatic heterocycles. The number of nitrogens with one attached hydrogen (secondary N) is 3. The van der Waals surface area contributed by atoms with Crippen molar-refractivity contribution in [1.82, 2.24) is 20.2 Å². The molecule has 2 aromatic carbocycles. The Morgan fingerprint density at radius 2 is 1.71 bits per heavy atom. The van der Waals surface area contributed by atoms with Crippen molar-refractivity contribution in [1.29, 1.82) is 0 Å². The Balaban J connectivity index is 1.39. The third kappa shape index (κ3) is 4.66. The van der Waals surface area contributed by atoms with Crippen molar-refractivity contribution in [3.05, 3.63) is 65.5 Å². The minimum atomic E-state index is -0.154. The lowest BCUT2D eigenvalue weighted by Gasteiger charge is -2.34. The van der Waals surface area contributed by atoms with Crippen LogP contribution in [0.25, 0.3) is 10.2 Å². The van der Waals surface area contributed by atoms with Crippen molar-refractivity contribution in [2.24, 2.45) is 0 Å². The minimum Gasteiger partial charge on any atom is -0.369 e. The van der Waals surface area contributed by atoms with Crippen LogP contribution in [-0.2, 0) is 0 Å². The number of carbonyl (C=O) groups excluding carboxylic acids is 1. The standard InChI is InChI=1S/C25H27N7OS/c1-26-24(33)19-5-3-4-6-20(19)28-23-22-21(11-16-34-22)29-25(30-23)27-17-7-9-18(10-8-17)32-14-12-31(2)13-15-32/h3-11,16H,12-15H2,1-2H3,(H,26,33)(H2,27,28,29,30). The average molecular weight is 474 g/mol. The number of thiophene rings is 1. The summed E-state index contributed by atoms with van der Waals surface area (Å²) in [5.41, 5.74) is 4.24. The van der Waals surface area contributed by atoms with E-state index in [0.29, 0.717) is 23.0 Å². The maximum atomic E-state index is 12.3. The third-order valence-corrected chi connectivity index (χ3v) is 6.86. The van der Waals surface area contributed by atoms with Gasteiger partial charge in [0.15, 0.2) is 5.82 Å². The Morgan fingerprint density at radius 1 is 0.941 bits per heavy atom. The number of carbonyl (C=O) groups is 1. The molecular weight excluding hydrogens is 446 g/mol. The largest absolute Gasteiger partial charge is 0.369 e. The first kappa shape index (κ1) is 22.1. The highest BCUT2D eigenvalue weighted by Crippen LogP contribution is 2.31. The fourth-order valence-electron chi connectivity index (χ4n) is 4.01. The topological polar surface area (TPSA) is 85.4 Å². The lowest BCUT2D eigenvalue weighted by atomic mass is 10.1. The van der Waals surface area contributed by atoms with Crippen molar-refractivity contribution >= 4 is 56.3 Å². The van der Waals surface area contributed by atoms with Gasteiger partial charge in [-0.3, -0.25) is 4.79 Å². The van der Waals surface area contributed by atoms with E-state index in [2.05, 4.69) is 62.0 Å². The molecule has 0 bridgehead atoms. The highest BCUT2D eigenvalue weighted by Gasteiger charge is 2.16. The van der Waals surface area contributed by atoms with Crippen LogP contribution in [-0.4, -0.2) is 61.0 Å². The minimum absolute atomic E-state index is 0.154. The summed E-state index contributed by atoms with van der Waals surface area (Å²) in [6.45, 7) is 4.22. The predicted octanol–water partition coefficient (Wildman–Crippen LogP) is 4.29. The van der Waals surface area contributed by atoms with E-state index in [4.69, 9.17) is 4.98 Å². The number of amides is 1. The molecule has 0 unspecified atom stereocenters. The monoisotopic (exact) mass is 473 g/mol. The molecule has 34 heavy (non-hydrogen) atoms. The first-order chi connectivity index (χ1) is 16.6. The Morgan fingerprint density at radius 3 is 2.47 bits per heavy atom. The number of benzene rings is 2. The summed E-state index contributed by atoms with van der Waals surface area (Å²) in [6.07, 6.45) is 0. The van der Waals surface area contributed by atoms with Crippen molar-refractivity contribution in [2.75, 3.05) is 55.8 Å². The molecule has 1 fully saturated rings. The summed E-state index contributed by atoms with van der Waals surface area (Å²) in [6, 6.07) is 17.7. The van der Waals surface area contributed by atoms with Crippen LogP contribution in [0, 0.1) is 0 Å². The Hall–Kier alpha value is -3.69. The van der Waals surface area contributed by atoms with Crippen LogP contribution in [0.1, 0.15) is 10.4 Å². The second kappa shape index (κ2) is 9.66. The zero-order chi connectivity index (χ0) is 23.5. The van der Waals surface area contributed by atoms with E-state index in [0.717, 1.165) is 42.1 Å². The quantitative estimate of drug-likeness (QED) is 0.385. The smallest absolute Gasteiger partial charge is 0.253 e. The third-order valence-electron chi connectivity index (χ3n) is 5.95. The lowest BCUT2D eigenvalue weighted by Crippen LogP contribution is -2.44. The van der Waals surface area contributed by atoms with Crippen molar-refractivity contribution in [2.45, 2.75) is 0 Å². The van der Waals surface area contributed by atoms with E-state index in [1.807, 2.05) is 29.6 Å². The van der Waals surface area contributed by atoms with Crippen LogP contribution in [0.15, 0.2) is 60.0 Å². The van der Waals surface area contributed by atoms with Gasteiger partial charge >= 0.3 is 0 Å². The van der Waals surface area contributed by atoms with E-state index >= 15 is 0 Å². The molecule has 0 saturated carbocycles. The van der Waals surface area contributed by atoms with E-state index in [-0.39, 0.29) is 5.91 Å². The number of aromatic nitrogens is 2. The van der Waals surface area contributed by atoms with Gasteiger partial charge in [-0.2, -0.15) is 4.98 Å². The highest BCUT2D eigenvalue weighted by atomic mass is 32.1. The van der Waals surface area contributed by atoms with Gasteiger partial charge in [-0.15, -0.1) is 11.3 Å². The number of hydrogen-bond donors (Lipinski definition) is 3. The highest BCUT2D eigenvalue weighted by molar-refractivity contribution is 7.17. The van der Waals surface area contributed by atoms with Gasteiger partial charge in [0.1, 0.15) is 0 Å². The molecule has 5 rings (SSSR count). The molecule has 0 radical (unpaired) electrons. The van der Waals surface area contributed by atoms with Gasteiger partial charge < -0.3 is 25.8 Å². The first-order valence-corrected chi connectivity index (χ1v) is 12.1. The molecule has 8 nitrogen and oxygen atoms in total. The average Bonchev–Trinajstić information content (AvgIpc) is 3.34. The molecule has 0 spiro atoms. The fourth-order valence-corrected chi connectivity index (χ4v) is 4.78. The molecule has 0 aliphatic carbocycles. The zero-order valence-corrected chi connectivity index (χ0v) is 20.0. The molecule has 0 atom stereocenters. The number of para-hydroxylation sites is 1. The second-order valence-electron chi connectivity index (χ2n) is 8.24. The molecular formula is C25H27N7OS. The van der Waals surface area contributed by atoms with Crippen LogP contribution >= 0.6 is 11.3 Å². The van der Waals surface area contributed by atoms with Crippen molar-refractivity contribution in [3.63, 3.8) is 0 Å². The van der Waals surface area contributed by atoms with Crippen LogP contribution in [0.5, 0.6) is 0 Å². The predicted molar refractivity (Wildman–Crippen MR) is 140 cm³/mol. The van der Waals surface area contributed by atoms with Gasteiger partial charge in [-0.05, 0) is 54.9 Å². The number of fused-ring (bicyclic) bond motifs is 1. The maximum Gasteiger partial charge on any atom is 0.253 e. The van der Waals surface area contributed by atoms with Gasteiger partial charge in [0.05, 0.1) is 21.5 Å². The molecule has 1 aliphatic rings. The molecule has 2 aromatic heterocycles. The number of hydrogen-bond acceptors (Lipinski definition) is 8. The summed E-state index contributed by atoms with van der Waals surface area (Å²) in [4.78, 5) is 26.5. The molecule has 3 heterocycles. The van der Waals surface area contributed by atoms with Crippen molar-refractivity contribution < 1.29 is 4.79 Å². The number of piperazine rings is 1. The number of anilines is 5. The van der Waals surface area contributed by atoms with E-state index < -0.39 is 0 Å². The summed E-state index contributed by atoms with van der Waals surface area (Å²) in [7, 11) is 3.78. The SMILES string of the molecule is CNC(=O)c1ccccc1Nc1nc(Nc2ccc(N3CCN(C)CC3)cc2)nc2ccsc12. The fraction of sp³-hybridized carbons (Fsp3) is 0.240. The van der Waals surface area contributed by atoms with Gasteiger partial charge in [0.25, 0.3) is 5.91 Å². The molecule has 3 N–H and O–H groups in total. The van der Waals surface area contributed by atoms with Gasteiger partial charge in [-0.25, -0.2) is 4.98 Å². The van der Waals surface area contributed by atoms with Gasteiger partial charge in [0, 0.05) is 44.6 Å². The Bertz CT molecular complexity index is 1300. The lowest BCUT2D eigenvalue weighted by molar-refractivity contribution is 0.0964. The summed E-state index contributed by atoms with van der Waals surface area (Å²) in [5, 5.41) is 11.4. The number of nitrogens with zero attached hydrogens (tertiary/aromatic N) is 4. The zero-order valence-electron chi connectivity index (χ0n) is 19.2. The molecule has 174 valence electrons. The summed E-state index contributed by atoms with van der Waals surface area (Å²) >= 11 is 1.56. The molecule has 4 aromatic rings. The molecule has 9 heteroatoms. The second-order valence-corrected chi connectivity index (χ2v) is 9.16. The van der Waals surface area contributed by atoms with Crippen LogP contribution in [0.3, 0.4) is 0 Å². The Kier molecular flexibility index (Phi) is 6.29. The van der Waals surface area contributed by atoms with E-state index in [1.165, 1.54) is 5.69 Å². The molecule has 1 saturated heterocycles. The summed E-state index contributed by atoms with van der Waals surface area (Å²) < 4.78 is 0.933. The van der Waals surface area contributed by atoms with Gasteiger partial charge in [0.2, 0.25) is 5.95 Å². The van der Waals surface area contributed by atoms with Crippen LogP contribution in [0.2, 0.25) is 0 Å². The first-order valence-electron chi connectivity index (χ1n) is 11.2. The number of likely N-dealkylation sites (N-methyl/N-ethyl adjacent to an activating group) is 1. The van der Waals surface area contributed by atoms with E-state index in [1.54, 1.807) is 24.5 Å². The normalized spacial score (nSPS) is 14.2. The van der Waals surface area contributed by atoms with Crippen LogP contribution < -0.4 is 20.9 Å². The summed E-state index contributed by atoms with van der Waals surface area (Å²) in [5.74, 6) is 1.00. The van der Waals surface area contributed by atoms with Crippen molar-refractivity contribution in [3.8, 4) is 0 Å². The number of rotatable bonds is 6.